The van der Waals surface area contributed by atoms with Gasteiger partial charge in [0.15, 0.2) is 0 Å². The van der Waals surface area contributed by atoms with Crippen molar-refractivity contribution < 1.29 is 4.74 Å². The summed E-state index contributed by atoms with van der Waals surface area (Å²) in [5.74, 6) is 0. The number of rotatable bonds is 5. The Hall–Kier alpha value is -1.75. The van der Waals surface area contributed by atoms with E-state index >= 15 is 0 Å². The zero-order chi connectivity index (χ0) is 17.1. The molecule has 25 heavy (non-hydrogen) atoms. The Morgan fingerprint density at radius 2 is 1.96 bits per heavy atom. The van der Waals surface area contributed by atoms with E-state index in [-0.39, 0.29) is 0 Å². The lowest BCUT2D eigenvalue weighted by molar-refractivity contribution is -0.0508. The van der Waals surface area contributed by atoms with Gasteiger partial charge in [-0.3, -0.25) is 14.8 Å². The molecule has 0 saturated carbocycles. The molecule has 4 rings (SSSR count). The largest absolute Gasteiger partial charge is 0.374 e. The molecule has 0 unspecified atom stereocenters. The molecule has 2 fully saturated rings. The number of hydrogen-bond acceptors (Lipinski definition) is 4. The number of morpholine rings is 1. The molecule has 2 aromatic rings. The van der Waals surface area contributed by atoms with Gasteiger partial charge < -0.3 is 4.74 Å². The van der Waals surface area contributed by atoms with E-state index in [1.54, 1.807) is 0 Å². The quantitative estimate of drug-likeness (QED) is 0.838. The fraction of sp³-hybridized carbons (Fsp3) is 0.476. The van der Waals surface area contributed by atoms with E-state index in [1.165, 1.54) is 11.3 Å². The third-order valence-corrected chi connectivity index (χ3v) is 5.36. The van der Waals surface area contributed by atoms with E-state index < -0.39 is 0 Å². The molecule has 0 radical (unpaired) electrons. The summed E-state index contributed by atoms with van der Waals surface area (Å²) >= 11 is 0. The first-order valence-electron chi connectivity index (χ1n) is 9.32. The predicted octanol–water partition coefficient (Wildman–Crippen LogP) is 2.52. The second-order valence-electron chi connectivity index (χ2n) is 7.21. The van der Waals surface area contributed by atoms with Crippen LogP contribution in [0.3, 0.4) is 0 Å². The fourth-order valence-electron chi connectivity index (χ4n) is 4.04. The Labute approximate surface area is 150 Å². The Balaban J connectivity index is 1.36. The van der Waals surface area contributed by atoms with E-state index in [9.17, 15) is 0 Å². The van der Waals surface area contributed by atoms with E-state index in [2.05, 4.69) is 70.2 Å². The first-order chi connectivity index (χ1) is 12.3. The van der Waals surface area contributed by atoms with Crippen LogP contribution in [-0.4, -0.2) is 59.7 Å². The van der Waals surface area contributed by atoms with Gasteiger partial charge in [0.05, 0.1) is 24.4 Å². The minimum absolute atomic E-state index is 0.342. The average Bonchev–Trinajstić information content (AvgIpc) is 3.05. The molecule has 0 spiro atoms. The number of nitrogens with zero attached hydrogens (tertiary/aromatic N) is 3. The highest BCUT2D eigenvalue weighted by Gasteiger charge is 2.39. The van der Waals surface area contributed by atoms with Crippen LogP contribution in [0.4, 0.5) is 0 Å². The molecule has 4 heteroatoms. The van der Waals surface area contributed by atoms with Crippen molar-refractivity contribution in [3.05, 3.63) is 65.5 Å². The van der Waals surface area contributed by atoms with Gasteiger partial charge in [0.2, 0.25) is 0 Å². The highest BCUT2D eigenvalue weighted by molar-refractivity contribution is 5.15. The molecule has 0 N–H and O–H groups in total. The summed E-state index contributed by atoms with van der Waals surface area (Å²) in [6.07, 6.45) is 1.45. The van der Waals surface area contributed by atoms with Gasteiger partial charge in [-0.05, 0) is 31.0 Å². The molecule has 4 nitrogen and oxygen atoms in total. The monoisotopic (exact) mass is 337 g/mol. The summed E-state index contributed by atoms with van der Waals surface area (Å²) in [6.45, 7) is 8.09. The number of likely N-dealkylation sites (tertiary alicyclic amines) is 1. The standard InChI is InChI=1S/C21H27N3O/c1-17-6-5-9-19(22-17)14-24-12-13-25-21-16-23(15-20(21)24)11-10-18-7-3-2-4-8-18/h2-9,20-21H,10-16H2,1H3/t20-,21+/m0/s1. The van der Waals surface area contributed by atoms with Crippen molar-refractivity contribution in [2.75, 3.05) is 32.8 Å². The zero-order valence-electron chi connectivity index (χ0n) is 15.0. The molecule has 0 amide bonds. The SMILES string of the molecule is Cc1cccc(CN2CCO[C@@H]3CN(CCc4ccccc4)C[C@@H]32)n1. The van der Waals surface area contributed by atoms with Crippen LogP contribution in [0.15, 0.2) is 48.5 Å². The number of fused-ring (bicyclic) bond motifs is 1. The van der Waals surface area contributed by atoms with E-state index in [0.29, 0.717) is 12.1 Å². The van der Waals surface area contributed by atoms with Crippen molar-refractivity contribution in [2.45, 2.75) is 32.0 Å². The molecule has 2 saturated heterocycles. The molecule has 3 heterocycles. The highest BCUT2D eigenvalue weighted by Crippen LogP contribution is 2.24. The molecule has 1 aromatic carbocycles. The number of hydrogen-bond donors (Lipinski definition) is 0. The number of ether oxygens (including phenoxy) is 1. The molecule has 0 aliphatic carbocycles. The number of aryl methyl sites for hydroxylation is 1. The molecule has 1 aromatic heterocycles. The van der Waals surface area contributed by atoms with Gasteiger partial charge in [-0.25, -0.2) is 0 Å². The van der Waals surface area contributed by atoms with Gasteiger partial charge in [-0.2, -0.15) is 0 Å². The second-order valence-corrected chi connectivity index (χ2v) is 7.21. The van der Waals surface area contributed by atoms with E-state index in [4.69, 9.17) is 4.74 Å². The van der Waals surface area contributed by atoms with Crippen LogP contribution < -0.4 is 0 Å². The van der Waals surface area contributed by atoms with Crippen LogP contribution in [-0.2, 0) is 17.7 Å². The first kappa shape index (κ1) is 16.7. The fourth-order valence-corrected chi connectivity index (χ4v) is 4.04. The lowest BCUT2D eigenvalue weighted by Gasteiger charge is -2.36. The van der Waals surface area contributed by atoms with Crippen molar-refractivity contribution in [3.63, 3.8) is 0 Å². The van der Waals surface area contributed by atoms with Crippen LogP contribution in [0.25, 0.3) is 0 Å². The third-order valence-electron chi connectivity index (χ3n) is 5.36. The van der Waals surface area contributed by atoms with Gasteiger partial charge in [-0.1, -0.05) is 36.4 Å². The molecule has 132 valence electrons. The van der Waals surface area contributed by atoms with Crippen LogP contribution in [0, 0.1) is 6.92 Å². The minimum atomic E-state index is 0.342. The number of benzene rings is 1. The van der Waals surface area contributed by atoms with Crippen LogP contribution >= 0.6 is 0 Å². The predicted molar refractivity (Wildman–Crippen MR) is 99.5 cm³/mol. The van der Waals surface area contributed by atoms with Crippen molar-refractivity contribution in [3.8, 4) is 0 Å². The Kier molecular flexibility index (Phi) is 5.11. The lowest BCUT2D eigenvalue weighted by Crippen LogP contribution is -2.50. The molecule has 0 bridgehead atoms. The van der Waals surface area contributed by atoms with Crippen molar-refractivity contribution in [1.29, 1.82) is 0 Å². The molecular weight excluding hydrogens is 310 g/mol. The first-order valence-corrected chi connectivity index (χ1v) is 9.32. The Morgan fingerprint density at radius 1 is 1.08 bits per heavy atom. The van der Waals surface area contributed by atoms with Crippen molar-refractivity contribution in [2.24, 2.45) is 0 Å². The van der Waals surface area contributed by atoms with Crippen molar-refractivity contribution in [1.82, 2.24) is 14.8 Å². The van der Waals surface area contributed by atoms with Crippen molar-refractivity contribution >= 4 is 0 Å². The van der Waals surface area contributed by atoms with Gasteiger partial charge in [0, 0.05) is 38.4 Å². The average molecular weight is 337 g/mol. The van der Waals surface area contributed by atoms with Crippen LogP contribution in [0.1, 0.15) is 17.0 Å². The van der Waals surface area contributed by atoms with E-state index in [1.807, 2.05) is 0 Å². The summed E-state index contributed by atoms with van der Waals surface area (Å²) in [5, 5.41) is 0. The molecule has 2 aliphatic heterocycles. The summed E-state index contributed by atoms with van der Waals surface area (Å²) < 4.78 is 6.07. The molecule has 2 aliphatic rings. The second kappa shape index (κ2) is 7.65. The number of pyridine rings is 1. The Morgan fingerprint density at radius 3 is 2.80 bits per heavy atom. The van der Waals surface area contributed by atoms with Gasteiger partial charge in [-0.15, -0.1) is 0 Å². The maximum Gasteiger partial charge on any atom is 0.0870 e. The molecule has 2 atom stereocenters. The topological polar surface area (TPSA) is 28.6 Å². The van der Waals surface area contributed by atoms with Gasteiger partial charge in [0.1, 0.15) is 0 Å². The maximum atomic E-state index is 6.07. The lowest BCUT2D eigenvalue weighted by atomic mass is 10.1. The molecular formula is C21H27N3O. The zero-order valence-corrected chi connectivity index (χ0v) is 15.0. The van der Waals surface area contributed by atoms with E-state index in [0.717, 1.165) is 51.4 Å². The van der Waals surface area contributed by atoms with Crippen LogP contribution in [0.2, 0.25) is 0 Å². The van der Waals surface area contributed by atoms with Gasteiger partial charge >= 0.3 is 0 Å². The minimum Gasteiger partial charge on any atom is -0.374 e. The summed E-state index contributed by atoms with van der Waals surface area (Å²) in [7, 11) is 0. The summed E-state index contributed by atoms with van der Waals surface area (Å²) in [4.78, 5) is 9.81. The van der Waals surface area contributed by atoms with Crippen LogP contribution in [0.5, 0.6) is 0 Å². The highest BCUT2D eigenvalue weighted by atomic mass is 16.5. The van der Waals surface area contributed by atoms with Gasteiger partial charge in [0.25, 0.3) is 0 Å². The normalized spacial score (nSPS) is 24.4. The Bertz CT molecular complexity index is 691. The smallest absolute Gasteiger partial charge is 0.0870 e. The number of aromatic nitrogens is 1. The third kappa shape index (κ3) is 4.09. The summed E-state index contributed by atoms with van der Waals surface area (Å²) in [6, 6.07) is 17.6. The summed E-state index contributed by atoms with van der Waals surface area (Å²) in [5.41, 5.74) is 3.68. The maximum absolute atomic E-state index is 6.07.